The maximum Gasteiger partial charge on any atom is 0.392 e. The van der Waals surface area contributed by atoms with Crippen LogP contribution in [0.5, 0.6) is 5.88 Å². The van der Waals surface area contributed by atoms with Crippen LogP contribution in [0.15, 0.2) is 0 Å². The van der Waals surface area contributed by atoms with E-state index in [0.717, 1.165) is 11.3 Å². The van der Waals surface area contributed by atoms with Crippen molar-refractivity contribution in [2.24, 2.45) is 5.73 Å². The minimum Gasteiger partial charge on any atom is -0.477 e. The summed E-state index contributed by atoms with van der Waals surface area (Å²) in [6.45, 7) is 11.8. The highest BCUT2D eigenvalue weighted by atomic mass is 19.4. The molecule has 0 bridgehead atoms. The van der Waals surface area contributed by atoms with Crippen LogP contribution in [0.2, 0.25) is 0 Å². The van der Waals surface area contributed by atoms with E-state index in [-0.39, 0.29) is 5.88 Å². The fourth-order valence-corrected chi connectivity index (χ4v) is 1.79. The highest BCUT2D eigenvalue weighted by molar-refractivity contribution is 5.31. The van der Waals surface area contributed by atoms with E-state index in [1.165, 1.54) is 0 Å². The highest BCUT2D eigenvalue weighted by Gasteiger charge is 2.27. The Morgan fingerprint density at radius 1 is 1.00 bits per heavy atom. The van der Waals surface area contributed by atoms with Gasteiger partial charge in [0.05, 0.1) is 18.7 Å². The van der Waals surface area contributed by atoms with Gasteiger partial charge in [-0.2, -0.15) is 18.2 Å². The zero-order chi connectivity index (χ0) is 19.2. The average Bonchev–Trinajstić information content (AvgIpc) is 2.58. The van der Waals surface area contributed by atoms with Crippen molar-refractivity contribution in [3.63, 3.8) is 0 Å². The van der Waals surface area contributed by atoms with E-state index in [9.17, 15) is 13.2 Å². The Bertz CT molecular complexity index is 438. The molecule has 7 heteroatoms. The predicted molar refractivity (Wildman–Crippen MR) is 92.4 cm³/mol. The minimum atomic E-state index is -4.23. The first-order valence-electron chi connectivity index (χ1n) is 8.69. The molecule has 142 valence electrons. The summed E-state index contributed by atoms with van der Waals surface area (Å²) in [7, 11) is 0. The first kappa shape index (κ1) is 24.9. The quantitative estimate of drug-likeness (QED) is 0.786. The van der Waals surface area contributed by atoms with Crippen LogP contribution >= 0.6 is 0 Å². The molecular weight excluding hydrogens is 319 g/mol. The van der Waals surface area contributed by atoms with E-state index < -0.39 is 19.2 Å². The predicted octanol–water partition coefficient (Wildman–Crippen LogP) is 4.49. The van der Waals surface area contributed by atoms with Crippen LogP contribution in [0.3, 0.4) is 0 Å². The molecular formula is C17H32F3N3O. The zero-order valence-corrected chi connectivity index (χ0v) is 15.8. The Morgan fingerprint density at radius 3 is 2.00 bits per heavy atom. The molecule has 0 spiro atoms. The molecule has 0 aliphatic heterocycles. The number of nitrogens with zero attached hydrogens (tertiary/aromatic N) is 2. The van der Waals surface area contributed by atoms with Gasteiger partial charge in [0.15, 0.2) is 0 Å². The second kappa shape index (κ2) is 14.0. The monoisotopic (exact) mass is 351 g/mol. The van der Waals surface area contributed by atoms with Gasteiger partial charge in [-0.1, -0.05) is 41.5 Å². The topological polar surface area (TPSA) is 61.0 Å². The van der Waals surface area contributed by atoms with Gasteiger partial charge in [-0.25, -0.2) is 4.98 Å². The number of nitrogens with two attached hydrogens (primary N) is 1. The van der Waals surface area contributed by atoms with Gasteiger partial charge >= 0.3 is 6.18 Å². The summed E-state index contributed by atoms with van der Waals surface area (Å²) in [6, 6.07) is 0. The van der Waals surface area contributed by atoms with Crippen molar-refractivity contribution in [2.75, 3.05) is 13.2 Å². The smallest absolute Gasteiger partial charge is 0.392 e. The van der Waals surface area contributed by atoms with E-state index in [0.29, 0.717) is 31.6 Å². The molecule has 2 N–H and O–H groups in total. The second-order valence-corrected chi connectivity index (χ2v) is 4.33. The molecule has 1 heterocycles. The van der Waals surface area contributed by atoms with Crippen LogP contribution in [-0.2, 0) is 19.3 Å². The number of alkyl halides is 3. The number of ether oxygens (including phenoxy) is 1. The van der Waals surface area contributed by atoms with Gasteiger partial charge in [-0.3, -0.25) is 0 Å². The van der Waals surface area contributed by atoms with Crippen molar-refractivity contribution in [1.82, 2.24) is 9.97 Å². The molecule has 1 aromatic rings. The summed E-state index contributed by atoms with van der Waals surface area (Å²) >= 11 is 0. The number of rotatable bonds is 7. The van der Waals surface area contributed by atoms with Crippen LogP contribution in [0.1, 0.15) is 65.0 Å². The number of hydrogen-bond donors (Lipinski definition) is 1. The standard InChI is InChI=1S/C13H20F3N3O.2C2H6/c1-3-10-9(5-7-17)12(19-11(4-2)18-10)20-8-6-13(14,15)16;2*1-2/h3-8,17H2,1-2H3;2*1-2H3. The van der Waals surface area contributed by atoms with Gasteiger partial charge < -0.3 is 10.5 Å². The lowest BCUT2D eigenvalue weighted by molar-refractivity contribution is -0.139. The molecule has 0 radical (unpaired) electrons. The van der Waals surface area contributed by atoms with E-state index >= 15 is 0 Å². The SMILES string of the molecule is CC.CC.CCc1nc(CC)c(CCN)c(OCCC(F)(F)F)n1. The minimum absolute atomic E-state index is 0.239. The first-order valence-corrected chi connectivity index (χ1v) is 8.69. The van der Waals surface area contributed by atoms with Crippen molar-refractivity contribution >= 4 is 0 Å². The molecule has 0 aliphatic rings. The zero-order valence-electron chi connectivity index (χ0n) is 15.8. The Kier molecular flexibility index (Phi) is 14.5. The third-order valence-electron chi connectivity index (χ3n) is 2.77. The lowest BCUT2D eigenvalue weighted by Gasteiger charge is -2.15. The molecule has 1 aromatic heterocycles. The molecule has 0 aliphatic carbocycles. The maximum absolute atomic E-state index is 12.2. The van der Waals surface area contributed by atoms with E-state index in [4.69, 9.17) is 10.5 Å². The highest BCUT2D eigenvalue weighted by Crippen LogP contribution is 2.23. The third-order valence-corrected chi connectivity index (χ3v) is 2.77. The first-order chi connectivity index (χ1) is 11.4. The molecule has 0 saturated carbocycles. The lowest BCUT2D eigenvalue weighted by Crippen LogP contribution is -2.16. The maximum atomic E-state index is 12.2. The number of aromatic nitrogens is 2. The van der Waals surface area contributed by atoms with Gasteiger partial charge in [-0.05, 0) is 19.4 Å². The molecule has 0 aromatic carbocycles. The van der Waals surface area contributed by atoms with E-state index in [2.05, 4.69) is 9.97 Å². The Labute approximate surface area is 144 Å². The van der Waals surface area contributed by atoms with E-state index in [1.54, 1.807) is 0 Å². The summed E-state index contributed by atoms with van der Waals surface area (Å²) in [5, 5.41) is 0. The van der Waals surface area contributed by atoms with Crippen molar-refractivity contribution in [3.8, 4) is 5.88 Å². The molecule has 0 amide bonds. The molecule has 24 heavy (non-hydrogen) atoms. The van der Waals surface area contributed by atoms with Crippen LogP contribution in [0.4, 0.5) is 13.2 Å². The molecule has 0 atom stereocenters. The van der Waals surface area contributed by atoms with Crippen molar-refractivity contribution in [2.45, 2.75) is 73.4 Å². The largest absolute Gasteiger partial charge is 0.477 e. The molecule has 0 fully saturated rings. The average molecular weight is 351 g/mol. The third kappa shape index (κ3) is 9.70. The van der Waals surface area contributed by atoms with Crippen molar-refractivity contribution in [3.05, 3.63) is 17.1 Å². The number of aryl methyl sites for hydroxylation is 2. The van der Waals surface area contributed by atoms with Gasteiger partial charge in [0, 0.05) is 12.0 Å². The normalized spacial score (nSPS) is 10.2. The van der Waals surface area contributed by atoms with E-state index in [1.807, 2.05) is 41.5 Å². The van der Waals surface area contributed by atoms with Crippen LogP contribution in [0.25, 0.3) is 0 Å². The summed E-state index contributed by atoms with van der Waals surface area (Å²) in [6.07, 6.45) is -3.47. The number of halogens is 3. The summed E-state index contributed by atoms with van der Waals surface area (Å²) in [4.78, 5) is 8.56. The summed E-state index contributed by atoms with van der Waals surface area (Å²) < 4.78 is 41.7. The Morgan fingerprint density at radius 2 is 1.58 bits per heavy atom. The van der Waals surface area contributed by atoms with Crippen LogP contribution in [-0.4, -0.2) is 29.3 Å². The van der Waals surface area contributed by atoms with Gasteiger partial charge in [0.2, 0.25) is 5.88 Å². The Hall–Kier alpha value is -1.37. The van der Waals surface area contributed by atoms with Gasteiger partial charge in [0.25, 0.3) is 0 Å². The fourth-order valence-electron chi connectivity index (χ4n) is 1.79. The summed E-state index contributed by atoms with van der Waals surface area (Å²) in [5.41, 5.74) is 7.04. The number of hydrogen-bond acceptors (Lipinski definition) is 4. The molecule has 4 nitrogen and oxygen atoms in total. The molecule has 0 unspecified atom stereocenters. The summed E-state index contributed by atoms with van der Waals surface area (Å²) in [5.74, 6) is 0.813. The lowest BCUT2D eigenvalue weighted by atomic mass is 10.1. The van der Waals surface area contributed by atoms with Crippen molar-refractivity contribution in [1.29, 1.82) is 0 Å². The molecule has 0 saturated heterocycles. The van der Waals surface area contributed by atoms with Gasteiger partial charge in [-0.15, -0.1) is 0 Å². The fraction of sp³-hybridized carbons (Fsp3) is 0.765. The molecule has 1 rings (SSSR count). The second-order valence-electron chi connectivity index (χ2n) is 4.33. The van der Waals surface area contributed by atoms with Crippen LogP contribution in [0, 0.1) is 0 Å². The Balaban J connectivity index is 0. The van der Waals surface area contributed by atoms with Gasteiger partial charge in [0.1, 0.15) is 5.82 Å². The van der Waals surface area contributed by atoms with Crippen LogP contribution < -0.4 is 10.5 Å². The van der Waals surface area contributed by atoms with Crippen molar-refractivity contribution < 1.29 is 17.9 Å².